The summed E-state index contributed by atoms with van der Waals surface area (Å²) < 4.78 is 33.8. The van der Waals surface area contributed by atoms with Crippen LogP contribution in [0.1, 0.15) is 23.6 Å². The van der Waals surface area contributed by atoms with Crippen molar-refractivity contribution in [1.82, 2.24) is 13.5 Å². The molecule has 0 radical (unpaired) electrons. The van der Waals surface area contributed by atoms with Crippen LogP contribution in [-0.4, -0.2) is 74.4 Å². The average Bonchev–Trinajstić information content (AvgIpc) is 3.02. The van der Waals surface area contributed by atoms with Gasteiger partial charge in [0.1, 0.15) is 0 Å². The summed E-state index contributed by atoms with van der Waals surface area (Å²) in [4.78, 5) is 5.18. The van der Waals surface area contributed by atoms with Crippen molar-refractivity contribution >= 4 is 21.5 Å². The van der Waals surface area contributed by atoms with Crippen molar-refractivity contribution in [2.45, 2.75) is 26.8 Å². The van der Waals surface area contributed by atoms with Gasteiger partial charge in [-0.05, 0) is 24.5 Å². The number of nitrogens with zero attached hydrogens (tertiary/aromatic N) is 3. The predicted octanol–water partition coefficient (Wildman–Crippen LogP) is 1.64. The lowest BCUT2D eigenvalue weighted by molar-refractivity contribution is 0.0684. The van der Waals surface area contributed by atoms with Crippen LogP contribution in [0, 0.1) is 5.92 Å². The lowest BCUT2D eigenvalue weighted by Gasteiger charge is -2.37. The zero-order chi connectivity index (χ0) is 17.9. The molecule has 0 saturated carbocycles. The van der Waals surface area contributed by atoms with Crippen LogP contribution in [0.4, 0.5) is 0 Å². The van der Waals surface area contributed by atoms with Gasteiger partial charge in [0.15, 0.2) is 0 Å². The Morgan fingerprint density at radius 2 is 1.60 bits per heavy atom. The molecule has 1 aromatic heterocycles. The standard InChI is InChI=1S/C17H29N3O3S2/c1-15(2)13-16-3-4-17(24-16)14-18-5-7-19(8-6-18)25(21,22)20-9-11-23-12-10-20/h3-4,15H,5-14H2,1-2H3. The van der Waals surface area contributed by atoms with Gasteiger partial charge in [0.05, 0.1) is 13.2 Å². The maximum absolute atomic E-state index is 12.7. The summed E-state index contributed by atoms with van der Waals surface area (Å²) in [6.45, 7) is 10.1. The Bertz CT molecular complexity index is 646. The highest BCUT2D eigenvalue weighted by Crippen LogP contribution is 2.22. The van der Waals surface area contributed by atoms with Gasteiger partial charge in [-0.2, -0.15) is 17.0 Å². The molecule has 0 aromatic carbocycles. The average molecular weight is 388 g/mol. The van der Waals surface area contributed by atoms with Crippen molar-refractivity contribution in [1.29, 1.82) is 0 Å². The first-order valence-electron chi connectivity index (χ1n) is 9.08. The van der Waals surface area contributed by atoms with Gasteiger partial charge in [-0.1, -0.05) is 13.8 Å². The number of thiophene rings is 1. The van der Waals surface area contributed by atoms with E-state index in [9.17, 15) is 8.42 Å². The van der Waals surface area contributed by atoms with Gasteiger partial charge in [0.2, 0.25) is 0 Å². The van der Waals surface area contributed by atoms with E-state index in [1.807, 2.05) is 11.3 Å². The normalized spacial score (nSPS) is 21.9. The summed E-state index contributed by atoms with van der Waals surface area (Å²) in [5.41, 5.74) is 0. The van der Waals surface area contributed by atoms with E-state index in [2.05, 4.69) is 30.9 Å². The number of ether oxygens (including phenoxy) is 1. The molecule has 2 aliphatic heterocycles. The molecule has 0 atom stereocenters. The molecule has 2 saturated heterocycles. The van der Waals surface area contributed by atoms with Gasteiger partial charge >= 0.3 is 0 Å². The Hall–Kier alpha value is -0.510. The molecule has 0 amide bonds. The van der Waals surface area contributed by atoms with Crippen LogP contribution in [0.5, 0.6) is 0 Å². The third-order valence-electron chi connectivity index (χ3n) is 4.66. The number of hydrogen-bond donors (Lipinski definition) is 0. The third kappa shape index (κ3) is 5.02. The molecule has 0 spiro atoms. The highest BCUT2D eigenvalue weighted by molar-refractivity contribution is 7.86. The molecular weight excluding hydrogens is 358 g/mol. The van der Waals surface area contributed by atoms with E-state index in [1.165, 1.54) is 9.75 Å². The molecule has 3 rings (SSSR count). The SMILES string of the molecule is CC(C)Cc1ccc(CN2CCN(S(=O)(=O)N3CCOCC3)CC2)s1. The van der Waals surface area contributed by atoms with Gasteiger partial charge in [-0.15, -0.1) is 11.3 Å². The molecule has 142 valence electrons. The Kier molecular flexibility index (Phi) is 6.51. The van der Waals surface area contributed by atoms with E-state index in [0.717, 1.165) is 26.1 Å². The molecule has 3 heterocycles. The van der Waals surface area contributed by atoms with E-state index in [4.69, 9.17) is 4.74 Å². The topological polar surface area (TPSA) is 53.1 Å². The highest BCUT2D eigenvalue weighted by Gasteiger charge is 2.33. The minimum absolute atomic E-state index is 0.469. The Morgan fingerprint density at radius 3 is 2.24 bits per heavy atom. The Morgan fingerprint density at radius 1 is 1.00 bits per heavy atom. The smallest absolute Gasteiger partial charge is 0.282 e. The van der Waals surface area contributed by atoms with Crippen molar-refractivity contribution in [2.24, 2.45) is 5.92 Å². The molecule has 0 unspecified atom stereocenters. The number of rotatable bonds is 6. The summed E-state index contributed by atoms with van der Waals surface area (Å²) >= 11 is 1.89. The summed E-state index contributed by atoms with van der Waals surface area (Å²) in [6.07, 6.45) is 1.14. The summed E-state index contributed by atoms with van der Waals surface area (Å²) in [5.74, 6) is 0.681. The van der Waals surface area contributed by atoms with Crippen molar-refractivity contribution in [2.75, 3.05) is 52.5 Å². The molecule has 0 aliphatic carbocycles. The van der Waals surface area contributed by atoms with Gasteiger partial charge in [-0.25, -0.2) is 0 Å². The van der Waals surface area contributed by atoms with Crippen LogP contribution in [0.2, 0.25) is 0 Å². The zero-order valence-electron chi connectivity index (χ0n) is 15.2. The first-order chi connectivity index (χ1) is 11.9. The maximum atomic E-state index is 12.7. The first-order valence-corrected chi connectivity index (χ1v) is 11.3. The van der Waals surface area contributed by atoms with Gasteiger partial charge < -0.3 is 4.74 Å². The van der Waals surface area contributed by atoms with Crippen LogP contribution >= 0.6 is 11.3 Å². The monoisotopic (exact) mass is 387 g/mol. The predicted molar refractivity (Wildman–Crippen MR) is 101 cm³/mol. The third-order valence-corrected chi connectivity index (χ3v) is 7.79. The quantitative estimate of drug-likeness (QED) is 0.745. The zero-order valence-corrected chi connectivity index (χ0v) is 16.8. The number of piperazine rings is 1. The Labute approximate surface area is 155 Å². The molecule has 0 N–H and O–H groups in total. The molecule has 2 aliphatic rings. The lowest BCUT2D eigenvalue weighted by Crippen LogP contribution is -2.54. The highest BCUT2D eigenvalue weighted by atomic mass is 32.2. The van der Waals surface area contributed by atoms with Gasteiger partial charge in [0, 0.05) is 55.6 Å². The molecule has 2 fully saturated rings. The van der Waals surface area contributed by atoms with Crippen molar-refractivity contribution < 1.29 is 13.2 Å². The van der Waals surface area contributed by atoms with Crippen LogP contribution in [0.15, 0.2) is 12.1 Å². The van der Waals surface area contributed by atoms with Crippen LogP contribution in [0.3, 0.4) is 0 Å². The van der Waals surface area contributed by atoms with Crippen LogP contribution < -0.4 is 0 Å². The van der Waals surface area contributed by atoms with Crippen LogP contribution in [-0.2, 0) is 27.9 Å². The Balaban J connectivity index is 1.50. The number of morpholine rings is 1. The molecule has 25 heavy (non-hydrogen) atoms. The van der Waals surface area contributed by atoms with Crippen LogP contribution in [0.25, 0.3) is 0 Å². The van der Waals surface area contributed by atoms with E-state index < -0.39 is 10.2 Å². The van der Waals surface area contributed by atoms with E-state index >= 15 is 0 Å². The van der Waals surface area contributed by atoms with Crippen molar-refractivity contribution in [3.05, 3.63) is 21.9 Å². The fourth-order valence-electron chi connectivity index (χ4n) is 3.30. The second-order valence-electron chi connectivity index (χ2n) is 7.16. The summed E-state index contributed by atoms with van der Waals surface area (Å²) in [5, 5.41) is 0. The second kappa shape index (κ2) is 8.45. The first kappa shape index (κ1) is 19.3. The minimum Gasteiger partial charge on any atom is -0.379 e. The van der Waals surface area contributed by atoms with E-state index in [-0.39, 0.29) is 0 Å². The molecule has 6 nitrogen and oxygen atoms in total. The lowest BCUT2D eigenvalue weighted by atomic mass is 10.1. The van der Waals surface area contributed by atoms with Gasteiger partial charge in [0.25, 0.3) is 10.2 Å². The van der Waals surface area contributed by atoms with E-state index in [1.54, 1.807) is 8.61 Å². The number of hydrogen-bond acceptors (Lipinski definition) is 5. The largest absolute Gasteiger partial charge is 0.379 e. The molecular formula is C17H29N3O3S2. The summed E-state index contributed by atoms with van der Waals surface area (Å²) in [7, 11) is -3.33. The van der Waals surface area contributed by atoms with Gasteiger partial charge in [-0.3, -0.25) is 4.90 Å². The van der Waals surface area contributed by atoms with Crippen molar-refractivity contribution in [3.63, 3.8) is 0 Å². The molecule has 1 aromatic rings. The summed E-state index contributed by atoms with van der Waals surface area (Å²) in [6, 6.07) is 4.46. The fourth-order valence-corrected chi connectivity index (χ4v) is 6.13. The maximum Gasteiger partial charge on any atom is 0.282 e. The minimum atomic E-state index is -3.33. The molecule has 0 bridgehead atoms. The second-order valence-corrected chi connectivity index (χ2v) is 10.3. The van der Waals surface area contributed by atoms with Crippen molar-refractivity contribution in [3.8, 4) is 0 Å². The molecule has 8 heteroatoms. The fraction of sp³-hybridized carbons (Fsp3) is 0.765. The van der Waals surface area contributed by atoms with E-state index in [0.29, 0.717) is 45.3 Å².